The number of ether oxygens (including phenoxy) is 1. The first kappa shape index (κ1) is 17.5. The summed E-state index contributed by atoms with van der Waals surface area (Å²) >= 11 is 0. The molecule has 0 spiro atoms. The summed E-state index contributed by atoms with van der Waals surface area (Å²) in [7, 11) is 0. The van der Waals surface area contributed by atoms with Gasteiger partial charge in [0.25, 0.3) is 0 Å². The monoisotopic (exact) mass is 299 g/mol. The number of nitrogens with zero attached hydrogens (tertiary/aromatic N) is 2. The van der Waals surface area contributed by atoms with Crippen LogP contribution in [0.5, 0.6) is 0 Å². The Morgan fingerprint density at radius 1 is 1.38 bits per heavy atom. The molecule has 0 bridgehead atoms. The number of halogens is 1. The summed E-state index contributed by atoms with van der Waals surface area (Å²) in [4.78, 5) is 13.6. The van der Waals surface area contributed by atoms with E-state index in [-0.39, 0.29) is 18.0 Å². The molecule has 21 heavy (non-hydrogen) atoms. The van der Waals surface area contributed by atoms with Crippen LogP contribution < -0.4 is 5.43 Å². The molecule has 1 rings (SSSR count). The van der Waals surface area contributed by atoms with Crippen LogP contribution in [0.2, 0.25) is 0 Å². The standard InChI is InChI=1S/C15H26FN3O2/c1-6-13(16)11(2)17-18-12-7-9-19(10-8-12)14(20)21-15(3,4)5/h6,12,18H,7-10H2,1-5H3/b13-6+,17-11+. The lowest BCUT2D eigenvalue weighted by Crippen LogP contribution is -2.45. The molecule has 0 aromatic rings. The zero-order valence-corrected chi connectivity index (χ0v) is 13.6. The molecule has 1 fully saturated rings. The second kappa shape index (κ2) is 7.43. The van der Waals surface area contributed by atoms with Crippen molar-refractivity contribution >= 4 is 11.8 Å². The third kappa shape index (κ3) is 6.14. The Morgan fingerprint density at radius 3 is 2.43 bits per heavy atom. The van der Waals surface area contributed by atoms with E-state index in [2.05, 4.69) is 10.5 Å². The van der Waals surface area contributed by atoms with Gasteiger partial charge >= 0.3 is 6.09 Å². The topological polar surface area (TPSA) is 53.9 Å². The summed E-state index contributed by atoms with van der Waals surface area (Å²) in [6, 6.07) is 0.156. The van der Waals surface area contributed by atoms with Crippen LogP contribution >= 0.6 is 0 Å². The first-order valence-corrected chi connectivity index (χ1v) is 7.33. The minimum absolute atomic E-state index is 0.156. The van der Waals surface area contributed by atoms with Gasteiger partial charge in [0.1, 0.15) is 11.4 Å². The predicted octanol–water partition coefficient (Wildman–Crippen LogP) is 3.22. The SMILES string of the molecule is C/C=C(F)\C(C)=N\NC1CCN(C(=O)OC(C)(C)C)CC1. The average molecular weight is 299 g/mol. The van der Waals surface area contributed by atoms with Gasteiger partial charge in [-0.1, -0.05) is 0 Å². The maximum Gasteiger partial charge on any atom is 0.410 e. The summed E-state index contributed by atoms with van der Waals surface area (Å²) in [5.74, 6) is -0.325. The van der Waals surface area contributed by atoms with Crippen molar-refractivity contribution in [1.29, 1.82) is 0 Å². The van der Waals surface area contributed by atoms with E-state index in [4.69, 9.17) is 4.74 Å². The van der Waals surface area contributed by atoms with Gasteiger partial charge in [-0.15, -0.1) is 0 Å². The van der Waals surface area contributed by atoms with Gasteiger partial charge in [0.2, 0.25) is 0 Å². The zero-order valence-electron chi connectivity index (χ0n) is 13.6. The Bertz CT molecular complexity index is 419. The largest absolute Gasteiger partial charge is 0.444 e. The maximum absolute atomic E-state index is 13.2. The second-order valence-corrected chi connectivity index (χ2v) is 6.20. The van der Waals surface area contributed by atoms with Gasteiger partial charge in [0.15, 0.2) is 0 Å². The Kier molecular flexibility index (Phi) is 6.18. The van der Waals surface area contributed by atoms with Crippen molar-refractivity contribution < 1.29 is 13.9 Å². The number of hydrogen-bond acceptors (Lipinski definition) is 4. The van der Waals surface area contributed by atoms with E-state index in [1.54, 1.807) is 18.7 Å². The highest BCUT2D eigenvalue weighted by atomic mass is 19.1. The summed E-state index contributed by atoms with van der Waals surface area (Å²) in [5, 5.41) is 4.04. The van der Waals surface area contributed by atoms with Crippen LogP contribution in [0.15, 0.2) is 17.0 Å². The number of nitrogens with one attached hydrogen (secondary N) is 1. The third-order valence-electron chi connectivity index (χ3n) is 3.16. The summed E-state index contributed by atoms with van der Waals surface area (Å²) < 4.78 is 18.6. The number of rotatable bonds is 3. The van der Waals surface area contributed by atoms with Gasteiger partial charge < -0.3 is 15.1 Å². The fourth-order valence-corrected chi connectivity index (χ4v) is 1.97. The molecule has 0 saturated carbocycles. The quantitative estimate of drug-likeness (QED) is 0.643. The van der Waals surface area contributed by atoms with Crippen molar-refractivity contribution in [3.05, 3.63) is 11.9 Å². The first-order valence-electron chi connectivity index (χ1n) is 7.33. The highest BCUT2D eigenvalue weighted by molar-refractivity contribution is 5.95. The predicted molar refractivity (Wildman–Crippen MR) is 81.9 cm³/mol. The second-order valence-electron chi connectivity index (χ2n) is 6.20. The van der Waals surface area contributed by atoms with Gasteiger partial charge in [-0.2, -0.15) is 5.10 Å². The number of carbonyl (C=O) groups excluding carboxylic acids is 1. The van der Waals surface area contributed by atoms with Crippen LogP contribution in [0, 0.1) is 0 Å². The van der Waals surface area contributed by atoms with E-state index < -0.39 is 5.60 Å². The molecule has 1 saturated heterocycles. The number of amides is 1. The van der Waals surface area contributed by atoms with Crippen molar-refractivity contribution in [1.82, 2.24) is 10.3 Å². The first-order chi connectivity index (χ1) is 9.73. The van der Waals surface area contributed by atoms with E-state index in [1.807, 2.05) is 20.8 Å². The van der Waals surface area contributed by atoms with Gasteiger partial charge in [0, 0.05) is 19.1 Å². The maximum atomic E-state index is 13.2. The molecule has 1 heterocycles. The summed E-state index contributed by atoms with van der Waals surface area (Å²) in [6.45, 7) is 10.1. The normalized spacial score (nSPS) is 18.7. The summed E-state index contributed by atoms with van der Waals surface area (Å²) in [6.07, 6.45) is 2.65. The molecule has 5 nitrogen and oxygen atoms in total. The number of hydrazone groups is 1. The molecule has 1 aliphatic rings. The van der Waals surface area contributed by atoms with Crippen molar-refractivity contribution in [2.45, 2.75) is 59.1 Å². The number of likely N-dealkylation sites (tertiary alicyclic amines) is 1. The molecular formula is C15H26FN3O2. The number of hydrogen-bond donors (Lipinski definition) is 1. The third-order valence-corrected chi connectivity index (χ3v) is 3.16. The van der Waals surface area contributed by atoms with Crippen molar-refractivity contribution in [3.8, 4) is 0 Å². The van der Waals surface area contributed by atoms with E-state index >= 15 is 0 Å². The molecule has 120 valence electrons. The lowest BCUT2D eigenvalue weighted by Gasteiger charge is -2.33. The molecule has 0 radical (unpaired) electrons. The van der Waals surface area contributed by atoms with Crippen molar-refractivity contribution in [2.24, 2.45) is 5.10 Å². The lowest BCUT2D eigenvalue weighted by atomic mass is 10.1. The Balaban J connectivity index is 2.41. The molecule has 0 unspecified atom stereocenters. The average Bonchev–Trinajstić information content (AvgIpc) is 2.42. The summed E-state index contributed by atoms with van der Waals surface area (Å²) in [5.41, 5.74) is 2.84. The van der Waals surface area contributed by atoms with Crippen molar-refractivity contribution in [3.63, 3.8) is 0 Å². The van der Waals surface area contributed by atoms with E-state index in [0.717, 1.165) is 12.8 Å². The van der Waals surface area contributed by atoms with Gasteiger partial charge in [-0.05, 0) is 53.5 Å². The van der Waals surface area contributed by atoms with Crippen LogP contribution in [0.25, 0.3) is 0 Å². The molecule has 6 heteroatoms. The van der Waals surface area contributed by atoms with Gasteiger partial charge in [0.05, 0.1) is 5.71 Å². The molecular weight excluding hydrogens is 273 g/mol. The molecule has 1 N–H and O–H groups in total. The number of piperidine rings is 1. The van der Waals surface area contributed by atoms with Crippen LogP contribution in [-0.2, 0) is 4.74 Å². The Hall–Kier alpha value is -1.59. The molecule has 1 amide bonds. The van der Waals surface area contributed by atoms with Crippen LogP contribution in [0.1, 0.15) is 47.5 Å². The Morgan fingerprint density at radius 2 is 1.95 bits per heavy atom. The van der Waals surface area contributed by atoms with E-state index in [0.29, 0.717) is 18.8 Å². The Labute approximate surface area is 126 Å². The van der Waals surface area contributed by atoms with E-state index in [9.17, 15) is 9.18 Å². The fraction of sp³-hybridized carbons (Fsp3) is 0.733. The fourth-order valence-electron chi connectivity index (χ4n) is 1.97. The molecule has 1 aliphatic heterocycles. The minimum Gasteiger partial charge on any atom is -0.444 e. The molecule has 0 aromatic carbocycles. The van der Waals surface area contributed by atoms with Crippen molar-refractivity contribution in [2.75, 3.05) is 13.1 Å². The number of carbonyl (C=O) groups is 1. The number of allylic oxidation sites excluding steroid dienone is 2. The molecule has 0 atom stereocenters. The van der Waals surface area contributed by atoms with Gasteiger partial charge in [-0.3, -0.25) is 0 Å². The lowest BCUT2D eigenvalue weighted by molar-refractivity contribution is 0.0198. The highest BCUT2D eigenvalue weighted by Crippen LogP contribution is 2.15. The van der Waals surface area contributed by atoms with Crippen LogP contribution in [-0.4, -0.2) is 41.4 Å². The van der Waals surface area contributed by atoms with Crippen LogP contribution in [0.4, 0.5) is 9.18 Å². The van der Waals surface area contributed by atoms with Crippen LogP contribution in [0.3, 0.4) is 0 Å². The zero-order chi connectivity index (χ0) is 16.0. The molecule has 0 aromatic heterocycles. The van der Waals surface area contributed by atoms with Gasteiger partial charge in [-0.25, -0.2) is 9.18 Å². The highest BCUT2D eigenvalue weighted by Gasteiger charge is 2.26. The molecule has 0 aliphatic carbocycles. The smallest absolute Gasteiger partial charge is 0.410 e. The van der Waals surface area contributed by atoms with E-state index in [1.165, 1.54) is 6.08 Å². The minimum atomic E-state index is -0.475.